The Kier molecular flexibility index (Phi) is 8.78. The molecule has 17 heavy (non-hydrogen) atoms. The molecule has 0 spiro atoms. The molecule has 0 amide bonds. The Morgan fingerprint density at radius 2 is 1.94 bits per heavy atom. The van der Waals surface area contributed by atoms with Crippen LogP contribution in [0, 0.1) is 5.41 Å². The standard InChI is InChI=1S/C12H22O3S2/c1-4-12(2,3)9-15-10(13)6-8-17-11(14)5-7-16/h16H,4-9H2,1-3H3. The largest absolute Gasteiger partial charge is 0.465 e. The van der Waals surface area contributed by atoms with E-state index in [4.69, 9.17) is 4.74 Å². The Bertz CT molecular complexity index is 252. The second-order valence-corrected chi connectivity index (χ2v) is 6.22. The predicted molar refractivity (Wildman–Crippen MR) is 75.6 cm³/mol. The Morgan fingerprint density at radius 3 is 2.47 bits per heavy atom. The molecular weight excluding hydrogens is 256 g/mol. The first kappa shape index (κ1) is 16.8. The van der Waals surface area contributed by atoms with Crippen LogP contribution in [0.1, 0.15) is 40.0 Å². The molecule has 0 aliphatic carbocycles. The lowest BCUT2D eigenvalue weighted by Gasteiger charge is -2.21. The van der Waals surface area contributed by atoms with Crippen molar-refractivity contribution in [2.24, 2.45) is 5.41 Å². The number of rotatable bonds is 8. The van der Waals surface area contributed by atoms with Gasteiger partial charge in [0.15, 0.2) is 5.12 Å². The van der Waals surface area contributed by atoms with Crippen LogP contribution < -0.4 is 0 Å². The molecule has 5 heteroatoms. The minimum atomic E-state index is -0.224. The van der Waals surface area contributed by atoms with Gasteiger partial charge in [0, 0.05) is 12.2 Å². The third-order valence-corrected chi connectivity index (χ3v) is 3.62. The average molecular weight is 278 g/mol. The summed E-state index contributed by atoms with van der Waals surface area (Å²) in [7, 11) is 0. The lowest BCUT2D eigenvalue weighted by atomic mass is 9.92. The molecule has 0 aromatic rings. The Hall–Kier alpha value is -0.160. The number of carbonyl (C=O) groups is 2. The zero-order valence-corrected chi connectivity index (χ0v) is 12.5. The van der Waals surface area contributed by atoms with Crippen LogP contribution in [0.25, 0.3) is 0 Å². The van der Waals surface area contributed by atoms with Gasteiger partial charge in [-0.1, -0.05) is 32.5 Å². The van der Waals surface area contributed by atoms with Gasteiger partial charge >= 0.3 is 5.97 Å². The van der Waals surface area contributed by atoms with Gasteiger partial charge in [-0.15, -0.1) is 0 Å². The maximum atomic E-state index is 11.4. The van der Waals surface area contributed by atoms with Crippen molar-refractivity contribution in [3.8, 4) is 0 Å². The molecule has 0 aromatic heterocycles. The van der Waals surface area contributed by atoms with E-state index in [-0.39, 0.29) is 16.5 Å². The molecule has 0 fully saturated rings. The van der Waals surface area contributed by atoms with Crippen LogP contribution in [0.5, 0.6) is 0 Å². The van der Waals surface area contributed by atoms with E-state index in [2.05, 4.69) is 33.4 Å². The van der Waals surface area contributed by atoms with Crippen LogP contribution in [0.15, 0.2) is 0 Å². The normalized spacial score (nSPS) is 11.3. The highest BCUT2D eigenvalue weighted by Gasteiger charge is 2.17. The molecule has 0 aromatic carbocycles. The molecule has 0 saturated heterocycles. The number of ether oxygens (including phenoxy) is 1. The summed E-state index contributed by atoms with van der Waals surface area (Å²) in [6.45, 7) is 6.63. The highest BCUT2D eigenvalue weighted by Crippen LogP contribution is 2.20. The van der Waals surface area contributed by atoms with E-state index in [1.165, 1.54) is 11.8 Å². The summed E-state index contributed by atoms with van der Waals surface area (Å²) in [6, 6.07) is 0. The predicted octanol–water partition coefficient (Wildman–Crippen LogP) is 2.94. The number of esters is 1. The van der Waals surface area contributed by atoms with Crippen molar-refractivity contribution in [2.45, 2.75) is 40.0 Å². The lowest BCUT2D eigenvalue weighted by Crippen LogP contribution is -2.21. The lowest BCUT2D eigenvalue weighted by molar-refractivity contribution is -0.146. The summed E-state index contributed by atoms with van der Waals surface area (Å²) in [5.41, 5.74) is 0.0324. The van der Waals surface area contributed by atoms with Gasteiger partial charge in [0.1, 0.15) is 0 Å². The van der Waals surface area contributed by atoms with E-state index in [1.807, 2.05) is 0 Å². The number of thiol groups is 1. The molecule has 0 N–H and O–H groups in total. The van der Waals surface area contributed by atoms with Crippen molar-refractivity contribution in [3.05, 3.63) is 0 Å². The average Bonchev–Trinajstić information content (AvgIpc) is 2.27. The van der Waals surface area contributed by atoms with Crippen molar-refractivity contribution in [2.75, 3.05) is 18.1 Å². The fourth-order valence-corrected chi connectivity index (χ4v) is 1.96. The van der Waals surface area contributed by atoms with E-state index in [9.17, 15) is 9.59 Å². The highest BCUT2D eigenvalue weighted by atomic mass is 32.2. The van der Waals surface area contributed by atoms with Gasteiger partial charge in [-0.25, -0.2) is 0 Å². The molecule has 0 unspecified atom stereocenters. The van der Waals surface area contributed by atoms with Gasteiger partial charge in [0.2, 0.25) is 0 Å². The molecule has 0 aliphatic rings. The molecule has 0 saturated carbocycles. The zero-order chi connectivity index (χ0) is 13.3. The topological polar surface area (TPSA) is 43.4 Å². The number of thioether (sulfide) groups is 1. The first-order valence-corrected chi connectivity index (χ1v) is 7.45. The molecule has 0 heterocycles. The fraction of sp³-hybridized carbons (Fsp3) is 0.833. The molecular formula is C12H22O3S2. The second kappa shape index (κ2) is 8.86. The van der Waals surface area contributed by atoms with Crippen molar-refractivity contribution in [1.29, 1.82) is 0 Å². The van der Waals surface area contributed by atoms with E-state index in [0.29, 0.717) is 31.0 Å². The van der Waals surface area contributed by atoms with Crippen molar-refractivity contribution < 1.29 is 14.3 Å². The van der Waals surface area contributed by atoms with E-state index in [1.54, 1.807) is 0 Å². The van der Waals surface area contributed by atoms with Crippen molar-refractivity contribution >= 4 is 35.5 Å². The van der Waals surface area contributed by atoms with Gasteiger partial charge in [0.05, 0.1) is 13.0 Å². The third-order valence-electron chi connectivity index (χ3n) is 2.47. The van der Waals surface area contributed by atoms with Crippen LogP contribution in [-0.4, -0.2) is 29.2 Å². The van der Waals surface area contributed by atoms with Crippen LogP contribution in [-0.2, 0) is 14.3 Å². The molecule has 0 atom stereocenters. The summed E-state index contributed by atoms with van der Waals surface area (Å²) in [5.74, 6) is 0.830. The first-order valence-electron chi connectivity index (χ1n) is 5.83. The number of hydrogen-bond acceptors (Lipinski definition) is 5. The number of carbonyl (C=O) groups excluding carboxylic acids is 2. The number of hydrogen-bond donors (Lipinski definition) is 1. The van der Waals surface area contributed by atoms with Crippen LogP contribution in [0.2, 0.25) is 0 Å². The molecule has 0 bridgehead atoms. The molecule has 100 valence electrons. The maximum Gasteiger partial charge on any atom is 0.306 e. The smallest absolute Gasteiger partial charge is 0.306 e. The Balaban J connectivity index is 3.64. The molecule has 0 radical (unpaired) electrons. The summed E-state index contributed by atoms with van der Waals surface area (Å²) in [4.78, 5) is 22.5. The highest BCUT2D eigenvalue weighted by molar-refractivity contribution is 8.13. The van der Waals surface area contributed by atoms with Gasteiger partial charge in [-0.3, -0.25) is 9.59 Å². The first-order chi connectivity index (χ1) is 7.91. The summed E-state index contributed by atoms with van der Waals surface area (Å²) >= 11 is 5.15. The Morgan fingerprint density at radius 1 is 1.29 bits per heavy atom. The van der Waals surface area contributed by atoms with E-state index >= 15 is 0 Å². The summed E-state index contributed by atoms with van der Waals surface area (Å²) in [6.07, 6.45) is 1.71. The summed E-state index contributed by atoms with van der Waals surface area (Å²) < 4.78 is 5.16. The van der Waals surface area contributed by atoms with Gasteiger partial charge in [-0.05, 0) is 17.6 Å². The zero-order valence-electron chi connectivity index (χ0n) is 10.8. The van der Waals surface area contributed by atoms with Crippen LogP contribution in [0.3, 0.4) is 0 Å². The van der Waals surface area contributed by atoms with E-state index < -0.39 is 0 Å². The monoisotopic (exact) mass is 278 g/mol. The van der Waals surface area contributed by atoms with Gasteiger partial charge in [0.25, 0.3) is 0 Å². The Labute approximate surface area is 113 Å². The maximum absolute atomic E-state index is 11.4. The minimum Gasteiger partial charge on any atom is -0.465 e. The van der Waals surface area contributed by atoms with Gasteiger partial charge in [-0.2, -0.15) is 12.6 Å². The molecule has 0 aliphatic heterocycles. The molecule has 0 rings (SSSR count). The van der Waals surface area contributed by atoms with Crippen LogP contribution in [0.4, 0.5) is 0 Å². The van der Waals surface area contributed by atoms with Crippen molar-refractivity contribution in [1.82, 2.24) is 0 Å². The van der Waals surface area contributed by atoms with Crippen molar-refractivity contribution in [3.63, 3.8) is 0 Å². The fourth-order valence-electron chi connectivity index (χ4n) is 0.862. The SMILES string of the molecule is CCC(C)(C)COC(=O)CCSC(=O)CCS. The van der Waals surface area contributed by atoms with E-state index in [0.717, 1.165) is 6.42 Å². The third kappa shape index (κ3) is 9.53. The quantitative estimate of drug-likeness (QED) is 0.547. The second-order valence-electron chi connectivity index (χ2n) is 4.62. The summed E-state index contributed by atoms with van der Waals surface area (Å²) in [5, 5.41) is 0.0849. The van der Waals surface area contributed by atoms with Gasteiger partial charge < -0.3 is 4.74 Å². The molecule has 3 nitrogen and oxygen atoms in total. The van der Waals surface area contributed by atoms with Crippen LogP contribution >= 0.6 is 24.4 Å². The minimum absolute atomic E-state index is 0.0324.